The number of halogens is 2. The van der Waals surface area contributed by atoms with Gasteiger partial charge >= 0.3 is 0 Å². The molecular weight excluding hydrogens is 169 g/mol. The highest BCUT2D eigenvalue weighted by Crippen LogP contribution is 2.16. The van der Waals surface area contributed by atoms with E-state index in [2.05, 4.69) is 10.9 Å². The van der Waals surface area contributed by atoms with Gasteiger partial charge in [0.05, 0.1) is 10.0 Å². The van der Waals surface area contributed by atoms with Crippen LogP contribution in [0.3, 0.4) is 0 Å². The third-order valence-corrected chi connectivity index (χ3v) is 1.44. The second-order valence-electron chi connectivity index (χ2n) is 1.63. The minimum Gasteiger partial charge on any atom is -0.245 e. The average molecular weight is 172 g/mol. The van der Waals surface area contributed by atoms with Crippen molar-refractivity contribution < 1.29 is 0 Å². The monoisotopic (exact) mass is 171 g/mol. The lowest BCUT2D eigenvalue weighted by Gasteiger charge is -1.93. The van der Waals surface area contributed by atoms with Crippen LogP contribution in [0.1, 0.15) is 5.69 Å². The molecule has 0 saturated heterocycles. The zero-order valence-electron chi connectivity index (χ0n) is 4.94. The summed E-state index contributed by atoms with van der Waals surface area (Å²) in [4.78, 5) is 3.80. The van der Waals surface area contributed by atoms with Gasteiger partial charge < -0.3 is 0 Å². The van der Waals surface area contributed by atoms with E-state index in [1.807, 2.05) is 0 Å². The van der Waals surface area contributed by atoms with Crippen molar-refractivity contribution in [1.29, 1.82) is 0 Å². The third-order valence-electron chi connectivity index (χ3n) is 0.945. The Balaban J connectivity index is 3.23. The van der Waals surface area contributed by atoms with Crippen LogP contribution in [0.4, 0.5) is 0 Å². The van der Waals surface area contributed by atoms with Crippen molar-refractivity contribution in [1.82, 2.24) is 4.98 Å². The maximum atomic E-state index is 5.64. The second-order valence-corrected chi connectivity index (χ2v) is 2.47. The van der Waals surface area contributed by atoms with E-state index in [4.69, 9.17) is 29.6 Å². The molecule has 0 aromatic carbocycles. The van der Waals surface area contributed by atoms with Gasteiger partial charge in [0.2, 0.25) is 0 Å². The fraction of sp³-hybridized carbons (Fsp3) is 0. The Morgan fingerprint density at radius 1 is 1.50 bits per heavy atom. The lowest BCUT2D eigenvalue weighted by molar-refractivity contribution is 1.29. The van der Waals surface area contributed by atoms with Crippen LogP contribution in [0.15, 0.2) is 12.3 Å². The van der Waals surface area contributed by atoms with E-state index in [9.17, 15) is 0 Å². The molecule has 0 aliphatic carbocycles. The summed E-state index contributed by atoms with van der Waals surface area (Å²) < 4.78 is 0. The molecule has 0 amide bonds. The summed E-state index contributed by atoms with van der Waals surface area (Å²) >= 11 is 11.2. The number of pyridine rings is 1. The predicted octanol–water partition coefficient (Wildman–Crippen LogP) is 2.37. The Morgan fingerprint density at radius 2 is 2.20 bits per heavy atom. The first-order chi connectivity index (χ1) is 4.74. The van der Waals surface area contributed by atoms with Gasteiger partial charge in [0.25, 0.3) is 0 Å². The van der Waals surface area contributed by atoms with E-state index in [0.29, 0.717) is 15.7 Å². The van der Waals surface area contributed by atoms with Crippen molar-refractivity contribution in [2.24, 2.45) is 0 Å². The fourth-order valence-corrected chi connectivity index (χ4v) is 0.955. The van der Waals surface area contributed by atoms with Crippen LogP contribution >= 0.6 is 23.2 Å². The molecule has 3 heteroatoms. The lowest BCUT2D eigenvalue weighted by atomic mass is 10.4. The Kier molecular flexibility index (Phi) is 2.16. The van der Waals surface area contributed by atoms with Crippen LogP contribution in [-0.4, -0.2) is 4.98 Å². The molecule has 1 rings (SSSR count). The summed E-state index contributed by atoms with van der Waals surface area (Å²) in [5, 5.41) is 0.902. The Labute approximate surface area is 69.0 Å². The standard InChI is InChI=1S/C7H3Cl2N/c1-2-7-6(9)3-5(8)4-10-7/h1,3-4H. The van der Waals surface area contributed by atoms with Crippen LogP contribution in [0.5, 0.6) is 0 Å². The topological polar surface area (TPSA) is 12.9 Å². The Morgan fingerprint density at radius 3 is 2.70 bits per heavy atom. The van der Waals surface area contributed by atoms with E-state index in [-0.39, 0.29) is 0 Å². The van der Waals surface area contributed by atoms with Gasteiger partial charge in [0.15, 0.2) is 0 Å². The van der Waals surface area contributed by atoms with E-state index in [1.54, 1.807) is 6.07 Å². The molecule has 0 fully saturated rings. The van der Waals surface area contributed by atoms with Crippen LogP contribution in [0, 0.1) is 12.3 Å². The highest BCUT2D eigenvalue weighted by Gasteiger charge is 1.97. The SMILES string of the molecule is C#Cc1ncc(Cl)cc1Cl. The molecule has 0 saturated carbocycles. The van der Waals surface area contributed by atoms with E-state index >= 15 is 0 Å². The first kappa shape index (κ1) is 7.40. The van der Waals surface area contributed by atoms with Crippen molar-refractivity contribution in [2.45, 2.75) is 0 Å². The second kappa shape index (κ2) is 2.92. The fourth-order valence-electron chi connectivity index (χ4n) is 0.521. The number of rotatable bonds is 0. The van der Waals surface area contributed by atoms with Crippen LogP contribution in [0.2, 0.25) is 10.0 Å². The van der Waals surface area contributed by atoms with Gasteiger partial charge in [-0.25, -0.2) is 4.98 Å². The number of terminal acetylenes is 1. The van der Waals surface area contributed by atoms with Crippen LogP contribution in [0.25, 0.3) is 0 Å². The van der Waals surface area contributed by atoms with Crippen molar-refractivity contribution in [2.75, 3.05) is 0 Å². The molecule has 50 valence electrons. The van der Waals surface area contributed by atoms with Crippen molar-refractivity contribution in [3.05, 3.63) is 28.0 Å². The molecule has 0 N–H and O–H groups in total. The first-order valence-electron chi connectivity index (χ1n) is 2.51. The minimum absolute atomic E-state index is 0.412. The van der Waals surface area contributed by atoms with E-state index in [1.165, 1.54) is 6.20 Å². The molecule has 0 atom stereocenters. The van der Waals surface area contributed by atoms with Crippen LogP contribution in [-0.2, 0) is 0 Å². The maximum Gasteiger partial charge on any atom is 0.131 e. The van der Waals surface area contributed by atoms with Gasteiger partial charge in [-0.2, -0.15) is 0 Å². The summed E-state index contributed by atoms with van der Waals surface area (Å²) in [5.74, 6) is 2.32. The largest absolute Gasteiger partial charge is 0.245 e. The van der Waals surface area contributed by atoms with E-state index in [0.717, 1.165) is 0 Å². The summed E-state index contributed by atoms with van der Waals surface area (Å²) in [6, 6.07) is 1.56. The molecule has 0 spiro atoms. The van der Waals surface area contributed by atoms with Gasteiger partial charge in [-0.1, -0.05) is 23.2 Å². The molecule has 0 aliphatic rings. The molecule has 0 bridgehead atoms. The van der Waals surface area contributed by atoms with Gasteiger partial charge in [0, 0.05) is 6.20 Å². The number of hydrogen-bond donors (Lipinski definition) is 0. The summed E-state index contributed by atoms with van der Waals surface area (Å²) in [7, 11) is 0. The molecule has 1 aromatic heterocycles. The molecule has 1 nitrogen and oxygen atoms in total. The highest BCUT2D eigenvalue weighted by molar-refractivity contribution is 6.35. The van der Waals surface area contributed by atoms with Gasteiger partial charge in [0.1, 0.15) is 5.69 Å². The molecular formula is C7H3Cl2N. The van der Waals surface area contributed by atoms with Crippen LogP contribution < -0.4 is 0 Å². The van der Waals surface area contributed by atoms with Crippen molar-refractivity contribution >= 4 is 23.2 Å². The highest BCUT2D eigenvalue weighted by atomic mass is 35.5. The third kappa shape index (κ3) is 1.41. The Hall–Kier alpha value is -0.710. The average Bonchev–Trinajstić information content (AvgIpc) is 1.88. The molecule has 1 aromatic rings. The summed E-state index contributed by atoms with van der Waals surface area (Å²) in [5.41, 5.74) is 0.422. The molecule has 1 heterocycles. The van der Waals surface area contributed by atoms with Gasteiger partial charge in [-0.15, -0.1) is 6.42 Å². The lowest BCUT2D eigenvalue weighted by Crippen LogP contribution is -1.81. The minimum atomic E-state index is 0.412. The number of hydrogen-bond acceptors (Lipinski definition) is 1. The number of nitrogens with zero attached hydrogens (tertiary/aromatic N) is 1. The normalized spacial score (nSPS) is 8.90. The van der Waals surface area contributed by atoms with Gasteiger partial charge in [-0.05, 0) is 12.0 Å². The van der Waals surface area contributed by atoms with Gasteiger partial charge in [-0.3, -0.25) is 0 Å². The molecule has 0 unspecified atom stereocenters. The number of aromatic nitrogens is 1. The summed E-state index contributed by atoms with van der Waals surface area (Å²) in [6.45, 7) is 0. The first-order valence-corrected chi connectivity index (χ1v) is 3.27. The maximum absolute atomic E-state index is 5.64. The Bertz CT molecular complexity index is 288. The predicted molar refractivity (Wildman–Crippen MR) is 42.2 cm³/mol. The summed E-state index contributed by atoms with van der Waals surface area (Å²) in [6.07, 6.45) is 6.52. The molecule has 10 heavy (non-hydrogen) atoms. The smallest absolute Gasteiger partial charge is 0.131 e. The molecule has 0 radical (unpaired) electrons. The van der Waals surface area contributed by atoms with E-state index < -0.39 is 0 Å². The molecule has 0 aliphatic heterocycles. The van der Waals surface area contributed by atoms with Crippen molar-refractivity contribution in [3.8, 4) is 12.3 Å². The quantitative estimate of drug-likeness (QED) is 0.547. The zero-order valence-corrected chi connectivity index (χ0v) is 6.45. The zero-order chi connectivity index (χ0) is 7.56. The van der Waals surface area contributed by atoms with Crippen molar-refractivity contribution in [3.63, 3.8) is 0 Å².